The predicted octanol–water partition coefficient (Wildman–Crippen LogP) is 2.46. The molecule has 2 heterocycles. The van der Waals surface area contributed by atoms with Gasteiger partial charge in [-0.05, 0) is 19.1 Å². The lowest BCUT2D eigenvalue weighted by Crippen LogP contribution is -2.33. The number of aromatic nitrogens is 1. The third kappa shape index (κ3) is 3.23. The number of ketones is 1. The van der Waals surface area contributed by atoms with E-state index in [9.17, 15) is 14.7 Å². The zero-order chi connectivity index (χ0) is 18.7. The number of methoxy groups -OCH3 is 1. The van der Waals surface area contributed by atoms with Crippen molar-refractivity contribution < 1.29 is 19.4 Å². The Labute approximate surface area is 151 Å². The van der Waals surface area contributed by atoms with Crippen LogP contribution in [0.2, 0.25) is 0 Å². The number of carbonyl (C=O) groups is 2. The van der Waals surface area contributed by atoms with Gasteiger partial charge in [0.2, 0.25) is 0 Å². The summed E-state index contributed by atoms with van der Waals surface area (Å²) in [5.41, 5.74) is 2.09. The minimum Gasteiger partial charge on any atom is -0.507 e. The largest absolute Gasteiger partial charge is 0.507 e. The van der Waals surface area contributed by atoms with Gasteiger partial charge in [-0.1, -0.05) is 35.9 Å². The number of aliphatic hydroxyl groups is 1. The summed E-state index contributed by atoms with van der Waals surface area (Å²) in [6, 6.07) is 11.7. The lowest BCUT2D eigenvalue weighted by molar-refractivity contribution is -0.140. The molecule has 1 fully saturated rings. The predicted molar refractivity (Wildman–Crippen MR) is 96.3 cm³/mol. The highest BCUT2D eigenvalue weighted by molar-refractivity contribution is 6.46. The summed E-state index contributed by atoms with van der Waals surface area (Å²) in [6.45, 7) is 2.44. The third-order valence-corrected chi connectivity index (χ3v) is 4.37. The number of Topliss-reactive ketones (excluding diaryl/α,β-unsaturated/α-hetero) is 1. The van der Waals surface area contributed by atoms with Gasteiger partial charge in [-0.15, -0.1) is 0 Å². The smallest absolute Gasteiger partial charge is 0.295 e. The molecule has 0 radical (unpaired) electrons. The van der Waals surface area contributed by atoms with Crippen LogP contribution in [0.4, 0.5) is 0 Å². The summed E-state index contributed by atoms with van der Waals surface area (Å²) < 4.78 is 5.06. The van der Waals surface area contributed by atoms with E-state index < -0.39 is 17.7 Å². The van der Waals surface area contributed by atoms with Crippen LogP contribution >= 0.6 is 0 Å². The van der Waals surface area contributed by atoms with Crippen molar-refractivity contribution in [1.29, 1.82) is 0 Å². The molecule has 134 valence electrons. The van der Waals surface area contributed by atoms with Gasteiger partial charge in [-0.2, -0.15) is 0 Å². The molecule has 1 aromatic carbocycles. The van der Waals surface area contributed by atoms with Crippen molar-refractivity contribution in [2.45, 2.75) is 13.0 Å². The lowest BCUT2D eigenvalue weighted by atomic mass is 9.98. The van der Waals surface area contributed by atoms with Crippen molar-refractivity contribution in [2.24, 2.45) is 0 Å². The zero-order valence-electron chi connectivity index (χ0n) is 14.7. The molecule has 0 bridgehead atoms. The Morgan fingerprint density at radius 3 is 2.54 bits per heavy atom. The van der Waals surface area contributed by atoms with Gasteiger partial charge in [0.15, 0.2) is 0 Å². The van der Waals surface area contributed by atoms with Crippen LogP contribution in [0.1, 0.15) is 22.9 Å². The molecule has 6 nitrogen and oxygen atoms in total. The van der Waals surface area contributed by atoms with Crippen LogP contribution in [0.3, 0.4) is 0 Å². The standard InChI is InChI=1S/C20H20N2O4/c1-13-6-8-14(9-7-13)18(23)16-17(15-5-3-4-10-21-15)22(11-12-26-2)20(25)19(16)24/h3-10,17,23H,11-12H2,1-2H3. The molecule has 1 amide bonds. The zero-order valence-corrected chi connectivity index (χ0v) is 14.7. The van der Waals surface area contributed by atoms with Crippen LogP contribution < -0.4 is 0 Å². The van der Waals surface area contributed by atoms with Crippen LogP contribution in [0, 0.1) is 6.92 Å². The first kappa shape index (κ1) is 17.8. The molecule has 0 saturated carbocycles. The van der Waals surface area contributed by atoms with E-state index in [2.05, 4.69) is 4.98 Å². The first-order valence-electron chi connectivity index (χ1n) is 8.30. The number of nitrogens with zero attached hydrogens (tertiary/aromatic N) is 2. The summed E-state index contributed by atoms with van der Waals surface area (Å²) in [7, 11) is 1.53. The lowest BCUT2D eigenvalue weighted by Gasteiger charge is -2.24. The van der Waals surface area contributed by atoms with Crippen LogP contribution in [0.25, 0.3) is 5.76 Å². The Hall–Kier alpha value is -2.99. The number of aliphatic hydroxyl groups excluding tert-OH is 1. The van der Waals surface area contributed by atoms with Gasteiger partial charge < -0.3 is 14.7 Å². The fourth-order valence-corrected chi connectivity index (χ4v) is 3.01. The Morgan fingerprint density at radius 1 is 1.19 bits per heavy atom. The van der Waals surface area contributed by atoms with E-state index >= 15 is 0 Å². The second-order valence-electron chi connectivity index (χ2n) is 6.11. The van der Waals surface area contributed by atoms with Crippen LogP contribution in [-0.4, -0.2) is 46.9 Å². The maximum absolute atomic E-state index is 12.7. The van der Waals surface area contributed by atoms with E-state index in [0.717, 1.165) is 5.56 Å². The first-order valence-corrected chi connectivity index (χ1v) is 8.30. The fraction of sp³-hybridized carbons (Fsp3) is 0.250. The third-order valence-electron chi connectivity index (χ3n) is 4.37. The minimum atomic E-state index is -0.743. The van der Waals surface area contributed by atoms with Crippen molar-refractivity contribution in [3.8, 4) is 0 Å². The van der Waals surface area contributed by atoms with Gasteiger partial charge in [0.05, 0.1) is 17.9 Å². The van der Waals surface area contributed by atoms with E-state index in [4.69, 9.17) is 4.74 Å². The molecule has 6 heteroatoms. The molecular formula is C20H20N2O4. The van der Waals surface area contributed by atoms with E-state index in [1.165, 1.54) is 12.0 Å². The number of aryl methyl sites for hydroxylation is 1. The Bertz CT molecular complexity index is 844. The molecule has 1 aromatic heterocycles. The van der Waals surface area contributed by atoms with Crippen LogP contribution in [0.5, 0.6) is 0 Å². The van der Waals surface area contributed by atoms with Gasteiger partial charge in [0.25, 0.3) is 11.7 Å². The Kier molecular flexibility index (Phi) is 5.14. The number of likely N-dealkylation sites (tertiary alicyclic amines) is 1. The molecule has 26 heavy (non-hydrogen) atoms. The maximum Gasteiger partial charge on any atom is 0.295 e. The van der Waals surface area contributed by atoms with Crippen LogP contribution in [0.15, 0.2) is 54.2 Å². The number of hydrogen-bond acceptors (Lipinski definition) is 5. The van der Waals surface area contributed by atoms with Gasteiger partial charge in [0, 0.05) is 25.4 Å². The molecule has 1 aliphatic heterocycles. The van der Waals surface area contributed by atoms with Crippen molar-refractivity contribution in [2.75, 3.05) is 20.3 Å². The topological polar surface area (TPSA) is 79.7 Å². The molecule has 2 aromatic rings. The average Bonchev–Trinajstić information content (AvgIpc) is 2.91. The Balaban J connectivity index is 2.14. The van der Waals surface area contributed by atoms with E-state index in [1.54, 1.807) is 36.5 Å². The number of ether oxygens (including phenoxy) is 1. The molecule has 3 rings (SSSR count). The van der Waals surface area contributed by atoms with E-state index in [-0.39, 0.29) is 24.5 Å². The van der Waals surface area contributed by atoms with Crippen molar-refractivity contribution in [3.63, 3.8) is 0 Å². The number of hydrogen-bond donors (Lipinski definition) is 1. The molecule has 1 aliphatic rings. The van der Waals surface area contributed by atoms with Crippen molar-refractivity contribution in [3.05, 3.63) is 71.1 Å². The SMILES string of the molecule is COCCN1C(=O)C(=O)C(=C(O)c2ccc(C)cc2)C1c1ccccn1. The quantitative estimate of drug-likeness (QED) is 0.508. The second kappa shape index (κ2) is 7.49. The highest BCUT2D eigenvalue weighted by Gasteiger charge is 2.46. The number of carbonyl (C=O) groups excluding carboxylic acids is 2. The number of rotatable bonds is 5. The molecule has 1 atom stereocenters. The normalized spacial score (nSPS) is 19.2. The summed E-state index contributed by atoms with van der Waals surface area (Å²) in [5, 5.41) is 10.8. The highest BCUT2D eigenvalue weighted by atomic mass is 16.5. The monoisotopic (exact) mass is 352 g/mol. The molecule has 0 aliphatic carbocycles. The van der Waals surface area contributed by atoms with Crippen LogP contribution in [-0.2, 0) is 14.3 Å². The molecule has 1 saturated heterocycles. The maximum atomic E-state index is 12.7. The molecule has 1 N–H and O–H groups in total. The van der Waals surface area contributed by atoms with Crippen molar-refractivity contribution >= 4 is 17.4 Å². The van der Waals surface area contributed by atoms with Gasteiger partial charge in [-0.3, -0.25) is 14.6 Å². The summed E-state index contributed by atoms with van der Waals surface area (Å²) >= 11 is 0. The Morgan fingerprint density at radius 2 is 1.92 bits per heavy atom. The summed E-state index contributed by atoms with van der Waals surface area (Å²) in [5.74, 6) is -1.57. The number of pyridine rings is 1. The second-order valence-corrected chi connectivity index (χ2v) is 6.11. The summed E-state index contributed by atoms with van der Waals surface area (Å²) in [4.78, 5) is 30.9. The van der Waals surface area contributed by atoms with E-state index in [1.807, 2.05) is 19.1 Å². The average molecular weight is 352 g/mol. The van der Waals surface area contributed by atoms with Gasteiger partial charge >= 0.3 is 0 Å². The first-order chi connectivity index (χ1) is 12.5. The van der Waals surface area contributed by atoms with E-state index in [0.29, 0.717) is 11.3 Å². The van der Waals surface area contributed by atoms with Crippen molar-refractivity contribution in [1.82, 2.24) is 9.88 Å². The minimum absolute atomic E-state index is 0.0497. The number of benzene rings is 1. The fourth-order valence-electron chi connectivity index (χ4n) is 3.01. The molecule has 1 unspecified atom stereocenters. The van der Waals surface area contributed by atoms with Gasteiger partial charge in [-0.25, -0.2) is 0 Å². The molecular weight excluding hydrogens is 332 g/mol. The number of amides is 1. The highest BCUT2D eigenvalue weighted by Crippen LogP contribution is 2.38. The van der Waals surface area contributed by atoms with Gasteiger partial charge in [0.1, 0.15) is 11.8 Å². The molecule has 0 spiro atoms. The summed E-state index contributed by atoms with van der Waals surface area (Å²) in [6.07, 6.45) is 1.59.